The lowest BCUT2D eigenvalue weighted by atomic mass is 10.0. The highest BCUT2D eigenvalue weighted by Crippen LogP contribution is 2.44. The molecule has 0 aliphatic rings. The van der Waals surface area contributed by atoms with Crippen molar-refractivity contribution in [3.8, 4) is 45.5 Å². The third-order valence-corrected chi connectivity index (χ3v) is 12.2. The summed E-state index contributed by atoms with van der Waals surface area (Å²) in [6.45, 7) is 0. The second-order valence-electron chi connectivity index (χ2n) is 15.6. The largest absolute Gasteiger partial charge is 0.456 e. The first-order valence-corrected chi connectivity index (χ1v) is 20.5. The van der Waals surface area contributed by atoms with Gasteiger partial charge in [0, 0.05) is 49.1 Å². The van der Waals surface area contributed by atoms with Crippen molar-refractivity contribution in [1.29, 1.82) is 0 Å². The number of hydrogen-bond donors (Lipinski definition) is 0. The Labute approximate surface area is 349 Å². The van der Waals surface area contributed by atoms with Crippen molar-refractivity contribution in [2.45, 2.75) is 0 Å². The maximum Gasteiger partial charge on any atom is 0.238 e. The molecule has 0 amide bonds. The number of para-hydroxylation sites is 3. The Morgan fingerprint density at radius 1 is 0.328 bits per heavy atom. The lowest BCUT2D eigenvalue weighted by Gasteiger charge is -2.11. The molecule has 0 bridgehead atoms. The van der Waals surface area contributed by atoms with Crippen LogP contribution < -0.4 is 0 Å². The molecule has 0 aliphatic heterocycles. The summed E-state index contributed by atoms with van der Waals surface area (Å²) in [6, 6.07) is 70.3. The van der Waals surface area contributed by atoms with Crippen LogP contribution in [0.25, 0.3) is 122 Å². The average Bonchev–Trinajstić information content (AvgIpc) is 3.99. The summed E-state index contributed by atoms with van der Waals surface area (Å²) in [5.41, 5.74) is 11.1. The first-order chi connectivity index (χ1) is 30.2. The molecule has 0 fully saturated rings. The van der Waals surface area contributed by atoms with Gasteiger partial charge in [0.1, 0.15) is 11.2 Å². The molecule has 4 aromatic heterocycles. The van der Waals surface area contributed by atoms with Crippen LogP contribution in [0.3, 0.4) is 0 Å². The van der Waals surface area contributed by atoms with Gasteiger partial charge in [-0.05, 0) is 76.5 Å². The minimum atomic E-state index is 0.541. The predicted octanol–water partition coefficient (Wildman–Crippen LogP) is 14.1. The molecule has 61 heavy (non-hydrogen) atoms. The number of hydrogen-bond acceptors (Lipinski definition) is 4. The number of nitrogens with zero attached hydrogens (tertiary/aromatic N) is 5. The zero-order chi connectivity index (χ0) is 40.0. The Bertz CT molecular complexity index is 3860. The fourth-order valence-electron chi connectivity index (χ4n) is 9.43. The van der Waals surface area contributed by atoms with E-state index in [1.807, 2.05) is 24.3 Å². The molecular formula is C55H33N5O. The normalized spacial score (nSPS) is 11.9. The van der Waals surface area contributed by atoms with E-state index in [1.165, 1.54) is 21.5 Å². The van der Waals surface area contributed by atoms with Gasteiger partial charge in [0.15, 0.2) is 11.6 Å². The number of benzene rings is 9. The molecule has 4 heterocycles. The van der Waals surface area contributed by atoms with E-state index in [9.17, 15) is 0 Å². The first kappa shape index (κ1) is 33.6. The molecule has 0 saturated carbocycles. The Hall–Kier alpha value is -8.35. The molecule has 284 valence electrons. The van der Waals surface area contributed by atoms with Crippen LogP contribution in [-0.2, 0) is 0 Å². The van der Waals surface area contributed by atoms with Crippen molar-refractivity contribution in [3.05, 3.63) is 200 Å². The molecule has 0 unspecified atom stereocenters. The summed E-state index contributed by atoms with van der Waals surface area (Å²) in [4.78, 5) is 15.9. The van der Waals surface area contributed by atoms with Crippen LogP contribution in [0.4, 0.5) is 0 Å². The highest BCUT2D eigenvalue weighted by Gasteiger charge is 2.24. The molecule has 13 aromatic rings. The summed E-state index contributed by atoms with van der Waals surface area (Å²) in [5, 5.41) is 9.26. The van der Waals surface area contributed by atoms with Gasteiger partial charge in [-0.3, -0.25) is 4.57 Å². The van der Waals surface area contributed by atoms with Crippen LogP contribution in [-0.4, -0.2) is 24.1 Å². The van der Waals surface area contributed by atoms with Crippen molar-refractivity contribution in [2.75, 3.05) is 0 Å². The van der Waals surface area contributed by atoms with Gasteiger partial charge in [-0.15, -0.1) is 0 Å². The topological polar surface area (TPSA) is 61.7 Å². The van der Waals surface area contributed by atoms with Crippen LogP contribution in [0.2, 0.25) is 0 Å². The van der Waals surface area contributed by atoms with Gasteiger partial charge in [-0.25, -0.2) is 4.98 Å². The molecule has 13 rings (SSSR count). The molecule has 0 spiro atoms. The Morgan fingerprint density at radius 3 is 1.70 bits per heavy atom. The number of fused-ring (bicyclic) bond motifs is 12. The van der Waals surface area contributed by atoms with E-state index in [0.717, 1.165) is 82.7 Å². The van der Waals surface area contributed by atoms with E-state index >= 15 is 0 Å². The van der Waals surface area contributed by atoms with E-state index in [4.69, 9.17) is 19.4 Å². The number of aromatic nitrogens is 5. The van der Waals surface area contributed by atoms with Crippen LogP contribution in [0.5, 0.6) is 0 Å². The lowest BCUT2D eigenvalue weighted by Crippen LogP contribution is -2.06. The smallest absolute Gasteiger partial charge is 0.238 e. The third kappa shape index (κ3) is 5.12. The van der Waals surface area contributed by atoms with Crippen LogP contribution in [0, 0.1) is 0 Å². The average molecular weight is 780 g/mol. The van der Waals surface area contributed by atoms with E-state index in [-0.39, 0.29) is 0 Å². The molecule has 0 atom stereocenters. The standard InChI is InChI=1S/C55H33N5O/c1-3-13-34(14-4-1)35-23-25-37(26-24-35)53-56-54(38-27-29-42-41-19-10-12-22-48(41)61-49(42)33-38)58-55(57-53)60-44-21-11-9-20-43(44)51-46(60)31-32-47-52(51)50-40-18-8-7-15-36(40)28-30-45(50)59(47)39-16-5-2-6-17-39/h1-33H. The van der Waals surface area contributed by atoms with E-state index in [1.54, 1.807) is 0 Å². The first-order valence-electron chi connectivity index (χ1n) is 20.5. The van der Waals surface area contributed by atoms with Gasteiger partial charge in [0.05, 0.1) is 22.1 Å². The Balaban J connectivity index is 1.10. The van der Waals surface area contributed by atoms with E-state index in [2.05, 4.69) is 185 Å². The van der Waals surface area contributed by atoms with E-state index < -0.39 is 0 Å². The van der Waals surface area contributed by atoms with Crippen molar-refractivity contribution in [2.24, 2.45) is 0 Å². The molecule has 9 aromatic carbocycles. The number of rotatable bonds is 5. The SMILES string of the molecule is c1ccc(-c2ccc(-c3nc(-c4ccc5c(c4)oc4ccccc45)nc(-n4c5ccccc5c5c6c7c8ccccc8ccc7n(-c7ccccc7)c6ccc54)n3)cc2)cc1. The van der Waals surface area contributed by atoms with Gasteiger partial charge in [-0.1, -0.05) is 146 Å². The van der Waals surface area contributed by atoms with Crippen LogP contribution in [0.1, 0.15) is 0 Å². The van der Waals surface area contributed by atoms with Crippen LogP contribution >= 0.6 is 0 Å². The quantitative estimate of drug-likeness (QED) is 0.175. The molecule has 0 radical (unpaired) electrons. The predicted molar refractivity (Wildman–Crippen MR) is 250 cm³/mol. The van der Waals surface area contributed by atoms with Gasteiger partial charge >= 0.3 is 0 Å². The monoisotopic (exact) mass is 779 g/mol. The zero-order valence-electron chi connectivity index (χ0n) is 32.7. The molecule has 6 heteroatoms. The minimum absolute atomic E-state index is 0.541. The minimum Gasteiger partial charge on any atom is -0.456 e. The fraction of sp³-hybridized carbons (Fsp3) is 0. The van der Waals surface area contributed by atoms with Crippen molar-refractivity contribution >= 4 is 76.3 Å². The van der Waals surface area contributed by atoms with Crippen LogP contribution in [0.15, 0.2) is 205 Å². The molecule has 0 N–H and O–H groups in total. The maximum atomic E-state index is 6.36. The van der Waals surface area contributed by atoms with Gasteiger partial charge < -0.3 is 8.98 Å². The zero-order valence-corrected chi connectivity index (χ0v) is 32.7. The summed E-state index contributed by atoms with van der Waals surface area (Å²) < 4.78 is 11.0. The summed E-state index contributed by atoms with van der Waals surface area (Å²) in [7, 11) is 0. The fourth-order valence-corrected chi connectivity index (χ4v) is 9.43. The summed E-state index contributed by atoms with van der Waals surface area (Å²) in [6.07, 6.45) is 0. The summed E-state index contributed by atoms with van der Waals surface area (Å²) in [5.74, 6) is 1.69. The van der Waals surface area contributed by atoms with E-state index in [0.29, 0.717) is 17.6 Å². The third-order valence-electron chi connectivity index (χ3n) is 12.2. The molecular weight excluding hydrogens is 747 g/mol. The maximum absolute atomic E-state index is 6.36. The van der Waals surface area contributed by atoms with Crippen molar-refractivity contribution in [1.82, 2.24) is 24.1 Å². The van der Waals surface area contributed by atoms with Crippen molar-refractivity contribution in [3.63, 3.8) is 0 Å². The number of furan rings is 1. The highest BCUT2D eigenvalue weighted by molar-refractivity contribution is 6.33. The molecule has 0 saturated heterocycles. The van der Waals surface area contributed by atoms with Crippen molar-refractivity contribution < 1.29 is 4.42 Å². The molecule has 6 nitrogen and oxygen atoms in total. The second-order valence-corrected chi connectivity index (χ2v) is 15.6. The Kier molecular flexibility index (Phi) is 7.21. The second kappa shape index (κ2) is 13.1. The highest BCUT2D eigenvalue weighted by atomic mass is 16.3. The Morgan fingerprint density at radius 2 is 0.885 bits per heavy atom. The lowest BCUT2D eigenvalue weighted by molar-refractivity contribution is 0.669. The summed E-state index contributed by atoms with van der Waals surface area (Å²) >= 11 is 0. The van der Waals surface area contributed by atoms with Gasteiger partial charge in [0.2, 0.25) is 5.95 Å². The van der Waals surface area contributed by atoms with Gasteiger partial charge in [-0.2, -0.15) is 9.97 Å². The molecule has 0 aliphatic carbocycles. The van der Waals surface area contributed by atoms with Gasteiger partial charge in [0.25, 0.3) is 0 Å².